The minimum Gasteiger partial charge on any atom is -0.479 e. The molecule has 0 saturated heterocycles. The lowest BCUT2D eigenvalue weighted by atomic mass is 10.4. The average molecular weight is 456 g/mol. The Balaban J connectivity index is -0.0000000868. The third-order valence-corrected chi connectivity index (χ3v) is 1.98. The number of aliphatic hydroxyl groups excluding tert-OH is 11. The Morgan fingerprint density at radius 2 is 0.600 bits per heavy atom. The van der Waals surface area contributed by atoms with E-state index in [1.165, 1.54) is 13.8 Å². The Labute approximate surface area is 173 Å². The van der Waals surface area contributed by atoms with Gasteiger partial charge in [-0.25, -0.2) is 9.59 Å². The van der Waals surface area contributed by atoms with Gasteiger partial charge in [-0.1, -0.05) is 0 Å². The standard InChI is InChI=1S/3C3H8O3.2C3H6O3/c3*4-1-3(6)2-5;2*1-2(4)3(5)6/h3*3-6H,1-2H2;2*2,4H,1H3,(H,5,6). The zero-order chi connectivity index (χ0) is 25.3. The third-order valence-electron chi connectivity index (χ3n) is 1.98. The van der Waals surface area contributed by atoms with Crippen molar-refractivity contribution in [1.82, 2.24) is 0 Å². The zero-order valence-electron chi connectivity index (χ0n) is 16.8. The summed E-state index contributed by atoms with van der Waals surface area (Å²) >= 11 is 0. The van der Waals surface area contributed by atoms with Crippen molar-refractivity contribution in [3.63, 3.8) is 0 Å². The van der Waals surface area contributed by atoms with Gasteiger partial charge >= 0.3 is 11.9 Å². The molecule has 2 unspecified atom stereocenters. The van der Waals surface area contributed by atoms with Crippen molar-refractivity contribution in [2.45, 2.75) is 44.4 Å². The van der Waals surface area contributed by atoms with Gasteiger partial charge < -0.3 is 66.4 Å². The molecule has 30 heavy (non-hydrogen) atoms. The van der Waals surface area contributed by atoms with Crippen molar-refractivity contribution < 1.29 is 76.0 Å². The predicted molar refractivity (Wildman–Crippen MR) is 99.2 cm³/mol. The summed E-state index contributed by atoms with van der Waals surface area (Å²) < 4.78 is 0. The highest BCUT2D eigenvalue weighted by molar-refractivity contribution is 5.71. The van der Waals surface area contributed by atoms with Crippen LogP contribution in [0.15, 0.2) is 0 Å². The number of hydrogen-bond acceptors (Lipinski definition) is 13. The van der Waals surface area contributed by atoms with E-state index in [1.54, 1.807) is 0 Å². The quantitative estimate of drug-likeness (QED) is 0.162. The summed E-state index contributed by atoms with van der Waals surface area (Å²) in [6, 6.07) is 0. The van der Waals surface area contributed by atoms with E-state index in [2.05, 4.69) is 0 Å². The van der Waals surface area contributed by atoms with Gasteiger partial charge in [0.15, 0.2) is 0 Å². The molecule has 0 radical (unpaired) electrons. The zero-order valence-corrected chi connectivity index (χ0v) is 16.8. The highest BCUT2D eigenvalue weighted by atomic mass is 16.4. The molecule has 0 aliphatic heterocycles. The molecule has 0 fully saturated rings. The van der Waals surface area contributed by atoms with Gasteiger partial charge in [0, 0.05) is 0 Å². The predicted octanol–water partition coefficient (Wildman–Crippen LogP) is -6.10. The molecule has 2 atom stereocenters. The van der Waals surface area contributed by atoms with Crippen LogP contribution >= 0.6 is 0 Å². The van der Waals surface area contributed by atoms with Crippen molar-refractivity contribution >= 4 is 11.9 Å². The highest BCUT2D eigenvalue weighted by Crippen LogP contribution is 1.74. The maximum atomic E-state index is 9.45. The molecule has 0 spiro atoms. The molecule has 0 heterocycles. The number of aliphatic carboxylic acids is 2. The molecule has 0 aromatic carbocycles. The Kier molecular flexibility index (Phi) is 38.6. The van der Waals surface area contributed by atoms with Gasteiger partial charge in [0.25, 0.3) is 0 Å². The van der Waals surface area contributed by atoms with E-state index in [0.29, 0.717) is 0 Å². The molecule has 13 N–H and O–H groups in total. The van der Waals surface area contributed by atoms with Crippen LogP contribution in [0.5, 0.6) is 0 Å². The van der Waals surface area contributed by atoms with Crippen molar-refractivity contribution in [2.24, 2.45) is 0 Å². The second-order valence-corrected chi connectivity index (χ2v) is 5.09. The second kappa shape index (κ2) is 29.7. The summed E-state index contributed by atoms with van der Waals surface area (Å²) in [5, 5.41) is 104. The molecule has 15 nitrogen and oxygen atoms in total. The van der Waals surface area contributed by atoms with Crippen LogP contribution in [-0.2, 0) is 9.59 Å². The normalized spacial score (nSPS) is 11.5. The van der Waals surface area contributed by atoms with E-state index in [-0.39, 0.29) is 39.6 Å². The molecule has 0 aliphatic rings. The van der Waals surface area contributed by atoms with Gasteiger partial charge in [-0.2, -0.15) is 0 Å². The van der Waals surface area contributed by atoms with Crippen molar-refractivity contribution in [3.05, 3.63) is 0 Å². The summed E-state index contributed by atoms with van der Waals surface area (Å²) in [4.78, 5) is 18.9. The van der Waals surface area contributed by atoms with Crippen LogP contribution in [0, 0.1) is 0 Å². The average Bonchev–Trinajstić information content (AvgIpc) is 2.73. The number of carbonyl (C=O) groups is 2. The number of rotatable bonds is 8. The van der Waals surface area contributed by atoms with Gasteiger partial charge in [-0.05, 0) is 13.8 Å². The first-order valence-electron chi connectivity index (χ1n) is 8.23. The van der Waals surface area contributed by atoms with Crippen LogP contribution in [0.1, 0.15) is 13.8 Å². The molecule has 15 heteroatoms. The van der Waals surface area contributed by atoms with Gasteiger partial charge in [-0.3, -0.25) is 0 Å². The third kappa shape index (κ3) is 50.3. The summed E-state index contributed by atoms with van der Waals surface area (Å²) in [5.74, 6) is -2.37. The highest BCUT2D eigenvalue weighted by Gasteiger charge is 2.02. The summed E-state index contributed by atoms with van der Waals surface area (Å²) in [7, 11) is 0. The minimum absolute atomic E-state index is 0.365. The van der Waals surface area contributed by atoms with Gasteiger partial charge in [-0.15, -0.1) is 0 Å². The first-order valence-corrected chi connectivity index (χ1v) is 8.23. The summed E-state index contributed by atoms with van der Waals surface area (Å²) in [6.45, 7) is 0.206. The maximum Gasteiger partial charge on any atom is 0.332 e. The molecule has 0 aromatic heterocycles. The van der Waals surface area contributed by atoms with E-state index in [0.717, 1.165) is 0 Å². The first kappa shape index (κ1) is 39.0. The molecule has 0 aromatic rings. The SMILES string of the molecule is CC(O)C(=O)O.CC(O)C(=O)O.OCC(O)CO.OCC(O)CO.OCC(O)CO. The van der Waals surface area contributed by atoms with Crippen LogP contribution < -0.4 is 0 Å². The lowest BCUT2D eigenvalue weighted by molar-refractivity contribution is -0.146. The first-order chi connectivity index (χ1) is 13.7. The maximum absolute atomic E-state index is 9.45. The van der Waals surface area contributed by atoms with Gasteiger partial charge in [0.05, 0.1) is 39.6 Å². The van der Waals surface area contributed by atoms with Crippen LogP contribution in [0.3, 0.4) is 0 Å². The Bertz CT molecular complexity index is 297. The smallest absolute Gasteiger partial charge is 0.332 e. The van der Waals surface area contributed by atoms with E-state index in [4.69, 9.17) is 66.4 Å². The molecular formula is C15H36O15. The van der Waals surface area contributed by atoms with Crippen LogP contribution in [0.25, 0.3) is 0 Å². The fourth-order valence-corrected chi connectivity index (χ4v) is 0.173. The van der Waals surface area contributed by atoms with Crippen LogP contribution in [0.2, 0.25) is 0 Å². The van der Waals surface area contributed by atoms with Crippen LogP contribution in [0.4, 0.5) is 0 Å². The Hall–Kier alpha value is -1.50. The van der Waals surface area contributed by atoms with Crippen molar-refractivity contribution in [3.8, 4) is 0 Å². The molecular weight excluding hydrogens is 420 g/mol. The van der Waals surface area contributed by atoms with E-state index >= 15 is 0 Å². The van der Waals surface area contributed by atoms with Crippen LogP contribution in [-0.4, -0.2) is 148 Å². The Morgan fingerprint density at radius 3 is 0.600 bits per heavy atom. The monoisotopic (exact) mass is 456 g/mol. The van der Waals surface area contributed by atoms with E-state index in [9.17, 15) is 9.59 Å². The molecule has 0 bridgehead atoms. The van der Waals surface area contributed by atoms with Crippen molar-refractivity contribution in [2.75, 3.05) is 39.6 Å². The summed E-state index contributed by atoms with van der Waals surface area (Å²) in [6.07, 6.45) is -5.32. The number of aliphatic hydroxyl groups is 11. The fraction of sp³-hybridized carbons (Fsp3) is 0.867. The molecule has 186 valence electrons. The van der Waals surface area contributed by atoms with E-state index in [1.807, 2.05) is 0 Å². The van der Waals surface area contributed by atoms with Crippen molar-refractivity contribution in [1.29, 1.82) is 0 Å². The molecule has 0 saturated carbocycles. The number of carboxylic acid groups (broad SMARTS) is 2. The molecule has 0 aliphatic carbocycles. The van der Waals surface area contributed by atoms with Gasteiger partial charge in [0.2, 0.25) is 0 Å². The lowest BCUT2D eigenvalue weighted by Gasteiger charge is -1.96. The van der Waals surface area contributed by atoms with E-state index < -0.39 is 42.5 Å². The fourth-order valence-electron chi connectivity index (χ4n) is 0.173. The molecule has 0 rings (SSSR count). The number of carboxylic acids is 2. The minimum atomic E-state index is -1.23. The topological polar surface area (TPSA) is 297 Å². The Morgan fingerprint density at radius 1 is 0.500 bits per heavy atom. The van der Waals surface area contributed by atoms with Gasteiger partial charge in [0.1, 0.15) is 30.5 Å². The summed E-state index contributed by atoms with van der Waals surface area (Å²) in [5.41, 5.74) is 0. The number of hydrogen-bond donors (Lipinski definition) is 13. The second-order valence-electron chi connectivity index (χ2n) is 5.09. The largest absolute Gasteiger partial charge is 0.479 e. The molecule has 0 amide bonds. The lowest BCUT2D eigenvalue weighted by Crippen LogP contribution is -2.15.